The number of hydrogen-bond acceptors (Lipinski definition) is 5. The molecule has 0 aliphatic heterocycles. The second-order valence-corrected chi connectivity index (χ2v) is 1.77. The molecule has 0 radical (unpaired) electrons. The lowest BCUT2D eigenvalue weighted by Crippen LogP contribution is -2.09. The van der Waals surface area contributed by atoms with Gasteiger partial charge < -0.3 is 19.3 Å². The fourth-order valence-corrected chi connectivity index (χ4v) is 0.433. The maximum absolute atomic E-state index is 10.3. The van der Waals surface area contributed by atoms with Crippen LogP contribution < -0.4 is 0 Å². The monoisotopic (exact) mass is 178 g/mol. The van der Waals surface area contributed by atoms with E-state index in [-0.39, 0.29) is 13.2 Å². The Morgan fingerprint density at radius 1 is 1.25 bits per heavy atom. The molecular formula is C6H10O6. The van der Waals surface area contributed by atoms with Crippen LogP contribution in [-0.2, 0) is 14.2 Å². The molecule has 0 heterocycles. The Labute approximate surface area is 69.0 Å². The summed E-state index contributed by atoms with van der Waals surface area (Å²) in [5.41, 5.74) is 0. The van der Waals surface area contributed by atoms with Crippen molar-refractivity contribution in [1.82, 2.24) is 0 Å². The molecule has 0 aliphatic rings. The van der Waals surface area contributed by atoms with E-state index in [0.29, 0.717) is 6.42 Å². The lowest BCUT2D eigenvalue weighted by molar-refractivity contribution is 0.0585. The van der Waals surface area contributed by atoms with Gasteiger partial charge in [-0.05, 0) is 0 Å². The number of carbonyl (C=O) groups is 2. The summed E-state index contributed by atoms with van der Waals surface area (Å²) in [5.74, 6) is 0. The third-order valence-corrected chi connectivity index (χ3v) is 0.901. The summed E-state index contributed by atoms with van der Waals surface area (Å²) in [6, 6.07) is 0. The highest BCUT2D eigenvalue weighted by molar-refractivity contribution is 5.59. The average molecular weight is 178 g/mol. The molecule has 0 spiro atoms. The summed E-state index contributed by atoms with van der Waals surface area (Å²) in [6.07, 6.45) is -1.81. The summed E-state index contributed by atoms with van der Waals surface area (Å²) in [6.45, 7) is 0.0896. The number of carboxylic acid groups (broad SMARTS) is 1. The Kier molecular flexibility index (Phi) is 5.50. The molecule has 12 heavy (non-hydrogen) atoms. The lowest BCUT2D eigenvalue weighted by Gasteiger charge is -2.01. The van der Waals surface area contributed by atoms with Crippen molar-refractivity contribution in [3.05, 3.63) is 0 Å². The smallest absolute Gasteiger partial charge is 0.450 e. The highest BCUT2D eigenvalue weighted by Gasteiger charge is 2.00. The number of rotatable bonds is 4. The summed E-state index contributed by atoms with van der Waals surface area (Å²) in [4.78, 5) is 20.1. The first-order valence-corrected chi connectivity index (χ1v) is 3.23. The quantitative estimate of drug-likeness (QED) is 0.507. The zero-order valence-corrected chi connectivity index (χ0v) is 6.61. The Morgan fingerprint density at radius 2 is 1.83 bits per heavy atom. The van der Waals surface area contributed by atoms with Crippen molar-refractivity contribution < 1.29 is 28.9 Å². The molecule has 1 N–H and O–H groups in total. The van der Waals surface area contributed by atoms with Gasteiger partial charge >= 0.3 is 12.3 Å². The van der Waals surface area contributed by atoms with Crippen molar-refractivity contribution in [2.75, 3.05) is 20.3 Å². The van der Waals surface area contributed by atoms with Crippen LogP contribution in [0.3, 0.4) is 0 Å². The van der Waals surface area contributed by atoms with Crippen LogP contribution in [0.4, 0.5) is 9.59 Å². The van der Waals surface area contributed by atoms with Gasteiger partial charge in [-0.3, -0.25) is 0 Å². The standard InChI is InChI=1S/C6H10O6/c1-10-6(9)12-4-2-3-11-5(7)8/h2-4H2,1H3,(H,7,8). The van der Waals surface area contributed by atoms with E-state index >= 15 is 0 Å². The Morgan fingerprint density at radius 3 is 2.33 bits per heavy atom. The molecule has 0 atom stereocenters. The number of methoxy groups -OCH3 is 1. The van der Waals surface area contributed by atoms with E-state index in [9.17, 15) is 9.59 Å². The minimum absolute atomic E-state index is 0.00628. The van der Waals surface area contributed by atoms with Gasteiger partial charge in [-0.1, -0.05) is 0 Å². The topological polar surface area (TPSA) is 82.1 Å². The summed E-state index contributed by atoms with van der Waals surface area (Å²) in [5, 5.41) is 8.01. The van der Waals surface area contributed by atoms with Crippen molar-refractivity contribution in [2.45, 2.75) is 6.42 Å². The Bertz CT molecular complexity index is 154. The maximum atomic E-state index is 10.3. The van der Waals surface area contributed by atoms with Crippen LogP contribution in [0.15, 0.2) is 0 Å². The van der Waals surface area contributed by atoms with E-state index in [2.05, 4.69) is 14.2 Å². The zero-order chi connectivity index (χ0) is 9.40. The molecule has 0 saturated heterocycles. The van der Waals surface area contributed by atoms with Crippen molar-refractivity contribution >= 4 is 12.3 Å². The predicted molar refractivity (Wildman–Crippen MR) is 37.0 cm³/mol. The molecule has 0 aromatic rings. The number of ether oxygens (including phenoxy) is 3. The van der Waals surface area contributed by atoms with Crippen LogP contribution >= 0.6 is 0 Å². The second kappa shape index (κ2) is 6.26. The van der Waals surface area contributed by atoms with Crippen LogP contribution in [0.2, 0.25) is 0 Å². The SMILES string of the molecule is COC(=O)OCCCOC(=O)O. The number of carbonyl (C=O) groups excluding carboxylic acids is 1. The molecule has 0 saturated carbocycles. The van der Waals surface area contributed by atoms with E-state index < -0.39 is 12.3 Å². The van der Waals surface area contributed by atoms with E-state index in [1.54, 1.807) is 0 Å². The molecule has 6 heteroatoms. The van der Waals surface area contributed by atoms with Crippen LogP contribution in [0.5, 0.6) is 0 Å². The fraction of sp³-hybridized carbons (Fsp3) is 0.667. The van der Waals surface area contributed by atoms with Gasteiger partial charge in [-0.2, -0.15) is 0 Å². The molecule has 0 rings (SSSR count). The van der Waals surface area contributed by atoms with E-state index in [0.717, 1.165) is 0 Å². The highest BCUT2D eigenvalue weighted by Crippen LogP contribution is 1.88. The van der Waals surface area contributed by atoms with E-state index in [1.807, 2.05) is 0 Å². The summed E-state index contributed by atoms with van der Waals surface area (Å²) >= 11 is 0. The van der Waals surface area contributed by atoms with Gasteiger partial charge in [0.15, 0.2) is 0 Å². The first kappa shape index (κ1) is 10.5. The van der Waals surface area contributed by atoms with Crippen molar-refractivity contribution in [1.29, 1.82) is 0 Å². The Balaban J connectivity index is 3.11. The zero-order valence-electron chi connectivity index (χ0n) is 6.61. The summed E-state index contributed by atoms with van der Waals surface area (Å²) in [7, 11) is 1.19. The van der Waals surface area contributed by atoms with Gasteiger partial charge in [0, 0.05) is 6.42 Å². The molecule has 0 aromatic heterocycles. The molecular weight excluding hydrogens is 168 g/mol. The van der Waals surface area contributed by atoms with Crippen LogP contribution in [0.1, 0.15) is 6.42 Å². The van der Waals surface area contributed by atoms with Gasteiger partial charge in [0.05, 0.1) is 20.3 Å². The molecule has 6 nitrogen and oxygen atoms in total. The normalized spacial score (nSPS) is 8.75. The second-order valence-electron chi connectivity index (χ2n) is 1.77. The third kappa shape index (κ3) is 6.66. The first-order chi connectivity index (χ1) is 5.66. The van der Waals surface area contributed by atoms with Crippen molar-refractivity contribution in [2.24, 2.45) is 0 Å². The molecule has 0 unspecified atom stereocenters. The molecule has 0 fully saturated rings. The molecule has 0 bridgehead atoms. The van der Waals surface area contributed by atoms with Crippen LogP contribution in [0, 0.1) is 0 Å². The highest BCUT2D eigenvalue weighted by atomic mass is 16.7. The minimum atomic E-state index is -1.34. The van der Waals surface area contributed by atoms with E-state index in [4.69, 9.17) is 5.11 Å². The third-order valence-electron chi connectivity index (χ3n) is 0.901. The van der Waals surface area contributed by atoms with Gasteiger partial charge in [0.1, 0.15) is 0 Å². The van der Waals surface area contributed by atoms with Gasteiger partial charge in [0.25, 0.3) is 0 Å². The number of hydrogen-bond donors (Lipinski definition) is 1. The van der Waals surface area contributed by atoms with Gasteiger partial charge in [0.2, 0.25) is 0 Å². The lowest BCUT2D eigenvalue weighted by atomic mass is 10.5. The van der Waals surface area contributed by atoms with Crippen molar-refractivity contribution in [3.63, 3.8) is 0 Å². The molecule has 0 amide bonds. The maximum Gasteiger partial charge on any atom is 0.507 e. The minimum Gasteiger partial charge on any atom is -0.450 e. The fourth-order valence-electron chi connectivity index (χ4n) is 0.433. The molecule has 70 valence electrons. The predicted octanol–water partition coefficient (Wildman–Crippen LogP) is 0.854. The van der Waals surface area contributed by atoms with Gasteiger partial charge in [-0.15, -0.1) is 0 Å². The van der Waals surface area contributed by atoms with Gasteiger partial charge in [-0.25, -0.2) is 9.59 Å². The van der Waals surface area contributed by atoms with Crippen LogP contribution in [-0.4, -0.2) is 37.7 Å². The Hall–Kier alpha value is -1.46. The van der Waals surface area contributed by atoms with Crippen molar-refractivity contribution in [3.8, 4) is 0 Å². The largest absolute Gasteiger partial charge is 0.507 e. The average Bonchev–Trinajstić information content (AvgIpc) is 2.03. The molecule has 0 aromatic carbocycles. The first-order valence-electron chi connectivity index (χ1n) is 3.23. The van der Waals surface area contributed by atoms with E-state index in [1.165, 1.54) is 7.11 Å². The summed E-state index contributed by atoms with van der Waals surface area (Å²) < 4.78 is 12.7. The molecule has 0 aliphatic carbocycles. The van der Waals surface area contributed by atoms with Crippen LogP contribution in [0.25, 0.3) is 0 Å².